The van der Waals surface area contributed by atoms with E-state index in [1.165, 1.54) is 0 Å². The third-order valence-electron chi connectivity index (χ3n) is 4.03. The first-order valence-corrected chi connectivity index (χ1v) is 7.98. The van der Waals surface area contributed by atoms with Gasteiger partial charge in [0.1, 0.15) is 0 Å². The maximum Gasteiger partial charge on any atom is 0.356 e. The number of halogens is 1. The molecule has 1 heterocycles. The van der Waals surface area contributed by atoms with Gasteiger partial charge in [-0.3, -0.25) is 0 Å². The Kier molecular flexibility index (Phi) is 3.85. The molecule has 0 radical (unpaired) electrons. The van der Waals surface area contributed by atoms with Gasteiger partial charge in [-0.25, -0.2) is 9.48 Å². The second-order valence-corrected chi connectivity index (χ2v) is 6.25. The van der Waals surface area contributed by atoms with Gasteiger partial charge >= 0.3 is 5.97 Å². The van der Waals surface area contributed by atoms with E-state index in [1.807, 2.05) is 29.8 Å². The van der Waals surface area contributed by atoms with Gasteiger partial charge in [-0.15, -0.1) is 0 Å². The van der Waals surface area contributed by atoms with Crippen molar-refractivity contribution in [3.63, 3.8) is 0 Å². The van der Waals surface area contributed by atoms with Gasteiger partial charge in [0, 0.05) is 15.7 Å². The van der Waals surface area contributed by atoms with Crippen LogP contribution in [0.2, 0.25) is 0 Å². The average molecular weight is 349 g/mol. The number of nitrogens with zero attached hydrogens (tertiary/aromatic N) is 2. The van der Waals surface area contributed by atoms with Gasteiger partial charge in [-0.1, -0.05) is 18.6 Å². The summed E-state index contributed by atoms with van der Waals surface area (Å²) in [6.45, 7) is 2.02. The Morgan fingerprint density at radius 3 is 2.81 bits per heavy atom. The lowest BCUT2D eigenvalue weighted by Crippen LogP contribution is -2.05. The van der Waals surface area contributed by atoms with Crippen molar-refractivity contribution < 1.29 is 9.90 Å². The van der Waals surface area contributed by atoms with Gasteiger partial charge in [0.05, 0.1) is 5.69 Å². The predicted molar refractivity (Wildman–Crippen MR) is 84.2 cm³/mol. The maximum atomic E-state index is 11.5. The molecule has 0 bridgehead atoms. The molecule has 1 aliphatic rings. The van der Waals surface area contributed by atoms with Crippen LogP contribution in [0.5, 0.6) is 0 Å². The first kappa shape index (κ1) is 14.3. The highest BCUT2D eigenvalue weighted by Gasteiger charge is 2.25. The fourth-order valence-electron chi connectivity index (χ4n) is 2.94. The van der Waals surface area contributed by atoms with Crippen molar-refractivity contribution in [2.75, 3.05) is 0 Å². The van der Waals surface area contributed by atoms with Gasteiger partial charge in [0.15, 0.2) is 5.69 Å². The third-order valence-corrected chi connectivity index (χ3v) is 5.06. The number of carboxylic acid groups (broad SMARTS) is 1. The van der Waals surface area contributed by atoms with Crippen LogP contribution in [-0.2, 0) is 12.8 Å². The van der Waals surface area contributed by atoms with Crippen LogP contribution >= 0.6 is 15.9 Å². The van der Waals surface area contributed by atoms with E-state index in [0.717, 1.165) is 59.1 Å². The van der Waals surface area contributed by atoms with E-state index in [9.17, 15) is 9.90 Å². The van der Waals surface area contributed by atoms with Gasteiger partial charge < -0.3 is 5.11 Å². The molecular formula is C16H17BrN2O2. The average Bonchev–Trinajstić information content (AvgIpc) is 2.65. The SMILES string of the molecule is Cc1cccc(-n2nc(C(=O)O)c3c2CCCCC3)c1Br. The number of aromatic nitrogens is 2. The minimum atomic E-state index is -0.935. The van der Waals surface area contributed by atoms with E-state index in [0.29, 0.717) is 0 Å². The van der Waals surface area contributed by atoms with Crippen LogP contribution in [-0.4, -0.2) is 20.9 Å². The van der Waals surface area contributed by atoms with E-state index in [4.69, 9.17) is 0 Å². The summed E-state index contributed by atoms with van der Waals surface area (Å²) in [4.78, 5) is 11.5. The summed E-state index contributed by atoms with van der Waals surface area (Å²) in [5.41, 5.74) is 4.20. The first-order valence-electron chi connectivity index (χ1n) is 7.19. The highest BCUT2D eigenvalue weighted by molar-refractivity contribution is 9.10. The molecule has 0 atom stereocenters. The van der Waals surface area contributed by atoms with Crippen molar-refractivity contribution in [1.29, 1.82) is 0 Å². The minimum absolute atomic E-state index is 0.209. The second-order valence-electron chi connectivity index (χ2n) is 5.46. The topological polar surface area (TPSA) is 55.1 Å². The van der Waals surface area contributed by atoms with Crippen LogP contribution in [0.4, 0.5) is 0 Å². The van der Waals surface area contributed by atoms with E-state index in [1.54, 1.807) is 0 Å². The molecule has 0 amide bonds. The van der Waals surface area contributed by atoms with Gasteiger partial charge in [-0.2, -0.15) is 5.10 Å². The number of rotatable bonds is 2. The molecule has 110 valence electrons. The summed E-state index contributed by atoms with van der Waals surface area (Å²) in [5, 5.41) is 13.8. The van der Waals surface area contributed by atoms with Crippen molar-refractivity contribution in [3.05, 3.63) is 45.2 Å². The van der Waals surface area contributed by atoms with E-state index < -0.39 is 5.97 Å². The van der Waals surface area contributed by atoms with Crippen LogP contribution in [0.25, 0.3) is 5.69 Å². The standard InChI is InChI=1S/C16H17BrN2O2/c1-10-6-5-9-13(14(10)17)19-12-8-4-2-3-7-11(12)15(18-19)16(20)21/h5-6,9H,2-4,7-8H2,1H3,(H,20,21). The molecule has 5 heteroatoms. The molecule has 4 nitrogen and oxygen atoms in total. The summed E-state index contributed by atoms with van der Waals surface area (Å²) in [6, 6.07) is 5.97. The quantitative estimate of drug-likeness (QED) is 0.837. The van der Waals surface area contributed by atoms with Gasteiger partial charge in [0.25, 0.3) is 0 Å². The maximum absolute atomic E-state index is 11.5. The van der Waals surface area contributed by atoms with Crippen LogP contribution in [0.1, 0.15) is 46.6 Å². The third kappa shape index (κ3) is 2.50. The molecule has 1 aromatic carbocycles. The summed E-state index contributed by atoms with van der Waals surface area (Å²) >= 11 is 3.60. The second kappa shape index (κ2) is 5.64. The van der Waals surface area contributed by atoms with Crippen LogP contribution in [0.15, 0.2) is 22.7 Å². The lowest BCUT2D eigenvalue weighted by Gasteiger charge is -2.11. The predicted octanol–water partition coefficient (Wildman–Crippen LogP) is 3.91. The Bertz CT molecular complexity index is 707. The Morgan fingerprint density at radius 2 is 2.05 bits per heavy atom. The summed E-state index contributed by atoms with van der Waals surface area (Å²) in [5.74, 6) is -0.935. The highest BCUT2D eigenvalue weighted by atomic mass is 79.9. The number of fused-ring (bicyclic) bond motifs is 1. The van der Waals surface area contributed by atoms with Gasteiger partial charge in [-0.05, 0) is 60.2 Å². The van der Waals surface area contributed by atoms with Crippen LogP contribution in [0, 0.1) is 6.92 Å². The molecule has 21 heavy (non-hydrogen) atoms. The monoisotopic (exact) mass is 348 g/mol. The molecule has 0 unspecified atom stereocenters. The zero-order valence-electron chi connectivity index (χ0n) is 11.9. The number of aryl methyl sites for hydroxylation is 1. The van der Waals surface area contributed by atoms with Crippen LogP contribution in [0.3, 0.4) is 0 Å². The van der Waals surface area contributed by atoms with Crippen molar-refractivity contribution in [1.82, 2.24) is 9.78 Å². The number of aromatic carboxylic acids is 1. The normalized spacial score (nSPS) is 14.6. The number of hydrogen-bond acceptors (Lipinski definition) is 2. The molecule has 0 saturated carbocycles. The molecule has 0 spiro atoms. The molecule has 0 saturated heterocycles. The zero-order chi connectivity index (χ0) is 15.0. The smallest absolute Gasteiger partial charge is 0.356 e. The molecule has 2 aromatic rings. The van der Waals surface area contributed by atoms with Crippen molar-refractivity contribution >= 4 is 21.9 Å². The molecule has 0 aliphatic heterocycles. The van der Waals surface area contributed by atoms with E-state index in [2.05, 4.69) is 21.0 Å². The fraction of sp³-hybridized carbons (Fsp3) is 0.375. The lowest BCUT2D eigenvalue weighted by atomic mass is 10.1. The van der Waals surface area contributed by atoms with Gasteiger partial charge in [0.2, 0.25) is 0 Å². The fourth-order valence-corrected chi connectivity index (χ4v) is 3.37. The zero-order valence-corrected chi connectivity index (χ0v) is 13.5. The Morgan fingerprint density at radius 1 is 1.29 bits per heavy atom. The molecule has 0 fully saturated rings. The Hall–Kier alpha value is -1.62. The minimum Gasteiger partial charge on any atom is -0.476 e. The largest absolute Gasteiger partial charge is 0.476 e. The van der Waals surface area contributed by atoms with E-state index in [-0.39, 0.29) is 5.69 Å². The number of carbonyl (C=O) groups is 1. The van der Waals surface area contributed by atoms with Crippen LogP contribution < -0.4 is 0 Å². The highest BCUT2D eigenvalue weighted by Crippen LogP contribution is 2.30. The molecule has 1 aliphatic carbocycles. The van der Waals surface area contributed by atoms with E-state index >= 15 is 0 Å². The number of hydrogen-bond donors (Lipinski definition) is 1. The summed E-state index contributed by atoms with van der Waals surface area (Å²) in [6.07, 6.45) is 4.95. The summed E-state index contributed by atoms with van der Waals surface area (Å²) < 4.78 is 2.79. The lowest BCUT2D eigenvalue weighted by molar-refractivity contribution is 0.0688. The number of benzene rings is 1. The van der Waals surface area contributed by atoms with Crippen molar-refractivity contribution in [2.24, 2.45) is 0 Å². The molecule has 3 rings (SSSR count). The first-order chi connectivity index (χ1) is 10.1. The van der Waals surface area contributed by atoms with Crippen molar-refractivity contribution in [3.8, 4) is 5.69 Å². The Balaban J connectivity index is 2.23. The molecular weight excluding hydrogens is 332 g/mol. The number of carboxylic acids is 1. The summed E-state index contributed by atoms with van der Waals surface area (Å²) in [7, 11) is 0. The molecule has 1 N–H and O–H groups in total. The Labute approximate surface area is 131 Å². The molecule has 1 aromatic heterocycles. The van der Waals surface area contributed by atoms with Crippen molar-refractivity contribution in [2.45, 2.75) is 39.0 Å².